The number of likely N-dealkylation sites (tertiary alicyclic amines) is 1. The number of nitrogens with zero attached hydrogens (tertiary/aromatic N) is 4. The van der Waals surface area contributed by atoms with Crippen LogP contribution >= 0.6 is 11.3 Å². The predicted molar refractivity (Wildman–Crippen MR) is 170 cm³/mol. The number of thiazole rings is 1. The number of fused-ring (bicyclic) bond motifs is 2. The third-order valence-corrected chi connectivity index (χ3v) is 9.97. The number of hydrogen-bond donors (Lipinski definition) is 2. The van der Waals surface area contributed by atoms with Gasteiger partial charge in [-0.15, -0.1) is 11.3 Å². The van der Waals surface area contributed by atoms with Crippen LogP contribution in [0.15, 0.2) is 54.3 Å². The molecule has 2 aliphatic heterocycles. The predicted octanol–water partition coefficient (Wildman–Crippen LogP) is 5.44. The summed E-state index contributed by atoms with van der Waals surface area (Å²) in [6, 6.07) is 9.96. The van der Waals surface area contributed by atoms with Crippen LogP contribution < -0.4 is 5.32 Å². The Hall–Kier alpha value is -4.31. The number of aryl methyl sites for hydroxylation is 1. The molecule has 242 valence electrons. The molecular formula is C35H32F3N5O3S. The number of hydrogen-bond acceptors (Lipinski definition) is 7. The fraction of sp³-hybridized carbons (Fsp3) is 0.371. The molecule has 4 heterocycles. The Morgan fingerprint density at radius 1 is 1.09 bits per heavy atom. The van der Waals surface area contributed by atoms with Crippen molar-refractivity contribution in [2.75, 3.05) is 18.4 Å². The summed E-state index contributed by atoms with van der Waals surface area (Å²) in [5.74, 6) is 2.60. The fourth-order valence-corrected chi connectivity index (χ4v) is 7.45. The molecule has 2 aromatic heterocycles. The number of anilines is 1. The Labute approximate surface area is 273 Å². The second kappa shape index (κ2) is 12.7. The summed E-state index contributed by atoms with van der Waals surface area (Å²) in [6.07, 6.45) is 0.989. The Morgan fingerprint density at radius 2 is 1.85 bits per heavy atom. The summed E-state index contributed by atoms with van der Waals surface area (Å²) in [7, 11) is 0. The van der Waals surface area contributed by atoms with E-state index in [1.807, 2.05) is 28.8 Å². The third-order valence-electron chi connectivity index (χ3n) is 9.28. The number of carbonyl (C=O) groups excluding carboxylic acids is 2. The summed E-state index contributed by atoms with van der Waals surface area (Å²) in [6.45, 7) is 3.12. The summed E-state index contributed by atoms with van der Waals surface area (Å²) < 4.78 is 45.4. The highest BCUT2D eigenvalue weighted by molar-refractivity contribution is 7.13. The maximum absolute atomic E-state index is 14.5. The number of piperidine rings is 1. The minimum Gasteiger partial charge on any atom is -0.393 e. The lowest BCUT2D eigenvalue weighted by Gasteiger charge is -2.29. The zero-order valence-corrected chi connectivity index (χ0v) is 26.2. The van der Waals surface area contributed by atoms with Crippen LogP contribution in [-0.4, -0.2) is 55.4 Å². The molecule has 1 saturated heterocycles. The van der Waals surface area contributed by atoms with Crippen molar-refractivity contribution >= 4 is 28.2 Å². The van der Waals surface area contributed by atoms with E-state index in [1.165, 1.54) is 23.6 Å². The normalized spacial score (nSPS) is 18.8. The van der Waals surface area contributed by atoms with E-state index in [0.717, 1.165) is 62.8 Å². The van der Waals surface area contributed by atoms with Gasteiger partial charge < -0.3 is 15.0 Å². The average Bonchev–Trinajstić information content (AvgIpc) is 3.85. The van der Waals surface area contributed by atoms with Crippen LogP contribution in [0.1, 0.15) is 74.7 Å². The number of amides is 1. The molecule has 0 radical (unpaired) electrons. The van der Waals surface area contributed by atoms with Crippen LogP contribution in [0, 0.1) is 17.8 Å². The number of benzene rings is 2. The zero-order chi connectivity index (χ0) is 32.7. The molecule has 2 N–H and O–H groups in total. The first-order valence-corrected chi connectivity index (χ1v) is 16.6. The van der Waals surface area contributed by atoms with Gasteiger partial charge >= 0.3 is 6.18 Å². The summed E-state index contributed by atoms with van der Waals surface area (Å²) in [5.41, 5.74) is 1.97. The van der Waals surface area contributed by atoms with Crippen LogP contribution in [0.3, 0.4) is 0 Å². The maximum Gasteiger partial charge on any atom is 0.416 e. The van der Waals surface area contributed by atoms with E-state index in [-0.39, 0.29) is 29.2 Å². The molecule has 0 spiro atoms. The van der Waals surface area contributed by atoms with Gasteiger partial charge in [-0.05, 0) is 67.5 Å². The van der Waals surface area contributed by atoms with E-state index >= 15 is 0 Å². The molecule has 4 aromatic rings. The van der Waals surface area contributed by atoms with Gasteiger partial charge in [0.1, 0.15) is 0 Å². The monoisotopic (exact) mass is 659 g/mol. The Bertz CT molecular complexity index is 1870. The molecule has 1 amide bonds. The van der Waals surface area contributed by atoms with E-state index < -0.39 is 35.3 Å². The number of nitrogens with one attached hydrogen (secondary N) is 1. The molecule has 0 saturated carbocycles. The van der Waals surface area contributed by atoms with Gasteiger partial charge in [0.2, 0.25) is 5.91 Å². The minimum absolute atomic E-state index is 0.0565. The topological polar surface area (TPSA) is 100 Å². The molecule has 0 bridgehead atoms. The number of aliphatic hydroxyl groups is 1. The van der Waals surface area contributed by atoms with Gasteiger partial charge in [-0.2, -0.15) is 13.2 Å². The van der Waals surface area contributed by atoms with Gasteiger partial charge in [0.25, 0.3) is 0 Å². The fourth-order valence-electron chi connectivity index (χ4n) is 6.92. The number of rotatable bonds is 6. The standard InChI is InChI=1S/C35H32F3N5O3S/c36-35(37,38)28-17-23(8-5-21-3-6-22(7-4-21)19-42-13-9-24(44)10-14-42)16-26-25(28)18-27(32(26)45)30(33(46)41-34-39-11-15-47-34)31-29-2-1-12-43(29)20-40-31/h3-4,6-7,11,15-17,20,24,27,30,44H,1-2,9-10,12-14,18-19H2,(H,39,41,46). The molecule has 2 aromatic carbocycles. The van der Waals surface area contributed by atoms with Crippen molar-refractivity contribution in [2.24, 2.45) is 5.92 Å². The van der Waals surface area contributed by atoms with Crippen LogP contribution in [0.4, 0.5) is 18.3 Å². The van der Waals surface area contributed by atoms with Crippen molar-refractivity contribution in [1.82, 2.24) is 19.4 Å². The number of imidazole rings is 1. The molecule has 8 nitrogen and oxygen atoms in total. The molecule has 1 aliphatic carbocycles. The number of alkyl halides is 3. The minimum atomic E-state index is -4.72. The van der Waals surface area contributed by atoms with Gasteiger partial charge in [0, 0.05) is 66.1 Å². The van der Waals surface area contributed by atoms with Crippen LogP contribution in [0.25, 0.3) is 0 Å². The first kappa shape index (κ1) is 31.3. The number of aliphatic hydroxyl groups excluding tert-OH is 1. The molecule has 12 heteroatoms. The quantitative estimate of drug-likeness (QED) is 0.268. The average molecular weight is 660 g/mol. The van der Waals surface area contributed by atoms with E-state index in [2.05, 4.69) is 32.0 Å². The number of halogens is 3. The molecule has 3 aliphatic rings. The number of aromatic nitrogens is 3. The lowest BCUT2D eigenvalue weighted by atomic mass is 9.84. The molecule has 1 fully saturated rings. The first-order valence-electron chi connectivity index (χ1n) is 15.7. The van der Waals surface area contributed by atoms with Crippen LogP contribution in [0.2, 0.25) is 0 Å². The summed E-state index contributed by atoms with van der Waals surface area (Å²) >= 11 is 1.21. The first-order chi connectivity index (χ1) is 22.6. The Morgan fingerprint density at radius 3 is 2.57 bits per heavy atom. The van der Waals surface area contributed by atoms with Crippen LogP contribution in [0.5, 0.6) is 0 Å². The molecular weight excluding hydrogens is 627 g/mol. The smallest absolute Gasteiger partial charge is 0.393 e. The van der Waals surface area contributed by atoms with Gasteiger partial charge in [-0.25, -0.2) is 9.97 Å². The Kier molecular flexibility index (Phi) is 8.46. The van der Waals surface area contributed by atoms with Crippen molar-refractivity contribution in [2.45, 2.75) is 63.4 Å². The molecule has 47 heavy (non-hydrogen) atoms. The zero-order valence-electron chi connectivity index (χ0n) is 25.4. The van der Waals surface area contributed by atoms with Crippen molar-refractivity contribution in [1.29, 1.82) is 0 Å². The van der Waals surface area contributed by atoms with Gasteiger partial charge in [0.15, 0.2) is 10.9 Å². The van der Waals surface area contributed by atoms with E-state index in [4.69, 9.17) is 0 Å². The van der Waals surface area contributed by atoms with Gasteiger partial charge in [-0.3, -0.25) is 14.5 Å². The second-order valence-corrected chi connectivity index (χ2v) is 13.2. The van der Waals surface area contributed by atoms with Crippen molar-refractivity contribution < 1.29 is 27.9 Å². The maximum atomic E-state index is 14.5. The second-order valence-electron chi connectivity index (χ2n) is 12.4. The van der Waals surface area contributed by atoms with Crippen LogP contribution in [-0.2, 0) is 36.9 Å². The highest BCUT2D eigenvalue weighted by Crippen LogP contribution is 2.44. The van der Waals surface area contributed by atoms with Crippen molar-refractivity contribution in [3.8, 4) is 11.8 Å². The largest absolute Gasteiger partial charge is 0.416 e. The molecule has 7 rings (SSSR count). The van der Waals surface area contributed by atoms with Crippen molar-refractivity contribution in [3.05, 3.63) is 99.1 Å². The Balaban J connectivity index is 1.17. The van der Waals surface area contributed by atoms with Crippen molar-refractivity contribution in [3.63, 3.8) is 0 Å². The number of Topliss-reactive ketones (excluding diaryl/α,β-unsaturated/α-hetero) is 1. The number of ketones is 1. The number of carbonyl (C=O) groups is 2. The lowest BCUT2D eigenvalue weighted by molar-refractivity contribution is -0.138. The van der Waals surface area contributed by atoms with Gasteiger partial charge in [0.05, 0.1) is 29.6 Å². The summed E-state index contributed by atoms with van der Waals surface area (Å²) in [5, 5.41) is 14.5. The van der Waals surface area contributed by atoms with E-state index in [0.29, 0.717) is 22.8 Å². The van der Waals surface area contributed by atoms with Gasteiger partial charge in [-0.1, -0.05) is 24.0 Å². The highest BCUT2D eigenvalue weighted by Gasteiger charge is 2.47. The molecule has 2 atom stereocenters. The summed E-state index contributed by atoms with van der Waals surface area (Å²) in [4.78, 5) is 38.6. The SMILES string of the molecule is O=C1c2cc(C#Cc3ccc(CN4CCC(O)CC4)cc3)cc(C(F)(F)F)c2CC1C(C(=O)Nc1nccs1)c1ncn2c1CCC2. The van der Waals surface area contributed by atoms with E-state index in [9.17, 15) is 27.9 Å². The molecule has 2 unspecified atom stereocenters. The lowest BCUT2D eigenvalue weighted by Crippen LogP contribution is -2.35. The highest BCUT2D eigenvalue weighted by atomic mass is 32.1. The third kappa shape index (κ3) is 6.48. The van der Waals surface area contributed by atoms with E-state index in [1.54, 1.807) is 11.7 Å².